The summed E-state index contributed by atoms with van der Waals surface area (Å²) in [6.45, 7) is 0. The molecule has 12 heavy (non-hydrogen) atoms. The molecule has 0 saturated carbocycles. The van der Waals surface area contributed by atoms with E-state index in [2.05, 4.69) is 4.98 Å². The molecule has 0 fully saturated rings. The topological polar surface area (TPSA) is 62.7 Å². The van der Waals surface area contributed by atoms with Crippen LogP contribution in [0.5, 0.6) is 0 Å². The van der Waals surface area contributed by atoms with Gasteiger partial charge < -0.3 is 5.73 Å². The Bertz CT molecular complexity index is 255. The standard InChI is InChI=1S/C8H9N3.ClH/c9-5-4-7(10)8-3-1-2-6-11-8;/h1-3,6-7H,4,10H2;1H/t7-;/m1./s1. The van der Waals surface area contributed by atoms with Crippen LogP contribution in [-0.4, -0.2) is 4.98 Å². The van der Waals surface area contributed by atoms with Crippen molar-refractivity contribution in [2.45, 2.75) is 12.5 Å². The van der Waals surface area contributed by atoms with Gasteiger partial charge in [-0.2, -0.15) is 5.26 Å². The first-order chi connectivity index (χ1) is 5.34. The fraction of sp³-hybridized carbons (Fsp3) is 0.250. The summed E-state index contributed by atoms with van der Waals surface area (Å²) in [6.07, 6.45) is 1.99. The van der Waals surface area contributed by atoms with E-state index in [1.807, 2.05) is 24.3 Å². The first-order valence-electron chi connectivity index (χ1n) is 3.38. The van der Waals surface area contributed by atoms with Crippen molar-refractivity contribution < 1.29 is 0 Å². The van der Waals surface area contributed by atoms with Crippen LogP contribution in [0.3, 0.4) is 0 Å². The SMILES string of the molecule is Cl.N#CC[C@@H](N)c1ccccn1. The number of hydrogen-bond acceptors (Lipinski definition) is 3. The fourth-order valence-electron chi connectivity index (χ4n) is 0.798. The molecule has 0 bridgehead atoms. The molecule has 1 aromatic heterocycles. The van der Waals surface area contributed by atoms with E-state index < -0.39 is 0 Å². The quantitative estimate of drug-likeness (QED) is 0.754. The van der Waals surface area contributed by atoms with E-state index in [1.165, 1.54) is 0 Å². The maximum absolute atomic E-state index is 8.34. The molecule has 0 aliphatic rings. The second-order valence-electron chi connectivity index (χ2n) is 2.22. The van der Waals surface area contributed by atoms with Crippen LogP contribution in [-0.2, 0) is 0 Å². The molecule has 0 spiro atoms. The van der Waals surface area contributed by atoms with E-state index >= 15 is 0 Å². The number of nitriles is 1. The number of pyridine rings is 1. The van der Waals surface area contributed by atoms with Crippen molar-refractivity contribution in [3.05, 3.63) is 30.1 Å². The van der Waals surface area contributed by atoms with Crippen LogP contribution in [0, 0.1) is 11.3 Å². The first-order valence-corrected chi connectivity index (χ1v) is 3.38. The Balaban J connectivity index is 0.00000121. The molecule has 0 unspecified atom stereocenters. The maximum atomic E-state index is 8.34. The summed E-state index contributed by atoms with van der Waals surface area (Å²) in [5.74, 6) is 0. The molecule has 0 aliphatic carbocycles. The van der Waals surface area contributed by atoms with Gasteiger partial charge in [0.2, 0.25) is 0 Å². The van der Waals surface area contributed by atoms with E-state index in [9.17, 15) is 0 Å². The summed E-state index contributed by atoms with van der Waals surface area (Å²) in [7, 11) is 0. The zero-order valence-corrected chi connectivity index (χ0v) is 7.29. The highest BCUT2D eigenvalue weighted by Crippen LogP contribution is 2.08. The van der Waals surface area contributed by atoms with Crippen LogP contribution in [0.4, 0.5) is 0 Å². The van der Waals surface area contributed by atoms with Gasteiger partial charge in [0.15, 0.2) is 0 Å². The number of hydrogen-bond donors (Lipinski definition) is 1. The smallest absolute Gasteiger partial charge is 0.0642 e. The van der Waals surface area contributed by atoms with Gasteiger partial charge in [0.1, 0.15) is 0 Å². The number of rotatable bonds is 2. The zero-order chi connectivity index (χ0) is 8.10. The highest BCUT2D eigenvalue weighted by atomic mass is 35.5. The van der Waals surface area contributed by atoms with Crippen molar-refractivity contribution in [1.29, 1.82) is 5.26 Å². The lowest BCUT2D eigenvalue weighted by molar-refractivity contribution is 0.720. The van der Waals surface area contributed by atoms with Crippen LogP contribution >= 0.6 is 12.4 Å². The third-order valence-corrected chi connectivity index (χ3v) is 1.38. The summed E-state index contributed by atoms with van der Waals surface area (Å²) in [5.41, 5.74) is 6.39. The van der Waals surface area contributed by atoms with Gasteiger partial charge in [0.25, 0.3) is 0 Å². The predicted octanol–water partition coefficient (Wildman–Crippen LogP) is 1.42. The van der Waals surface area contributed by atoms with Crippen molar-refractivity contribution in [3.63, 3.8) is 0 Å². The lowest BCUT2D eigenvalue weighted by Gasteiger charge is -2.04. The van der Waals surface area contributed by atoms with Crippen LogP contribution in [0.1, 0.15) is 18.2 Å². The minimum atomic E-state index is -0.249. The van der Waals surface area contributed by atoms with E-state index in [0.717, 1.165) is 5.69 Å². The predicted molar refractivity (Wildman–Crippen MR) is 48.6 cm³/mol. The molecule has 1 atom stereocenters. The Hall–Kier alpha value is -1.11. The Morgan fingerprint density at radius 2 is 2.33 bits per heavy atom. The normalized spacial score (nSPS) is 11.0. The van der Waals surface area contributed by atoms with Crippen molar-refractivity contribution in [1.82, 2.24) is 4.98 Å². The van der Waals surface area contributed by atoms with Gasteiger partial charge >= 0.3 is 0 Å². The second kappa shape index (κ2) is 5.53. The molecular weight excluding hydrogens is 174 g/mol. The van der Waals surface area contributed by atoms with Gasteiger partial charge in [-0.1, -0.05) is 6.07 Å². The highest BCUT2D eigenvalue weighted by molar-refractivity contribution is 5.85. The van der Waals surface area contributed by atoms with Crippen LogP contribution in [0.25, 0.3) is 0 Å². The molecule has 64 valence electrons. The molecule has 0 saturated heterocycles. The Morgan fingerprint density at radius 1 is 1.58 bits per heavy atom. The van der Waals surface area contributed by atoms with Gasteiger partial charge in [0.05, 0.1) is 24.2 Å². The number of aromatic nitrogens is 1. The first kappa shape index (κ1) is 10.9. The average Bonchev–Trinajstić information content (AvgIpc) is 2.07. The molecule has 1 heterocycles. The van der Waals surface area contributed by atoms with Crippen LogP contribution in [0.2, 0.25) is 0 Å². The van der Waals surface area contributed by atoms with Crippen molar-refractivity contribution >= 4 is 12.4 Å². The highest BCUT2D eigenvalue weighted by Gasteiger charge is 2.04. The summed E-state index contributed by atoms with van der Waals surface area (Å²) < 4.78 is 0. The number of nitrogens with zero attached hydrogens (tertiary/aromatic N) is 2. The molecule has 1 rings (SSSR count). The molecule has 1 aromatic rings. The van der Waals surface area contributed by atoms with E-state index in [1.54, 1.807) is 6.20 Å². The fourth-order valence-corrected chi connectivity index (χ4v) is 0.798. The Kier molecular flexibility index (Phi) is 5.02. The van der Waals surface area contributed by atoms with Gasteiger partial charge in [0, 0.05) is 6.20 Å². The van der Waals surface area contributed by atoms with Crippen molar-refractivity contribution in [2.75, 3.05) is 0 Å². The molecule has 4 heteroatoms. The molecule has 0 radical (unpaired) electrons. The average molecular weight is 184 g/mol. The van der Waals surface area contributed by atoms with Crippen molar-refractivity contribution in [3.8, 4) is 6.07 Å². The monoisotopic (exact) mass is 183 g/mol. The number of halogens is 1. The largest absolute Gasteiger partial charge is 0.322 e. The molecule has 3 nitrogen and oxygen atoms in total. The molecular formula is C8H10ClN3. The summed E-state index contributed by atoms with van der Waals surface area (Å²) in [6, 6.07) is 7.26. The minimum Gasteiger partial charge on any atom is -0.322 e. The lowest BCUT2D eigenvalue weighted by Crippen LogP contribution is -2.10. The van der Waals surface area contributed by atoms with E-state index in [0.29, 0.717) is 6.42 Å². The minimum absolute atomic E-state index is 0. The van der Waals surface area contributed by atoms with Crippen molar-refractivity contribution in [2.24, 2.45) is 5.73 Å². The van der Waals surface area contributed by atoms with E-state index in [4.69, 9.17) is 11.0 Å². The van der Waals surface area contributed by atoms with Gasteiger partial charge in [-0.15, -0.1) is 12.4 Å². The lowest BCUT2D eigenvalue weighted by atomic mass is 10.1. The van der Waals surface area contributed by atoms with E-state index in [-0.39, 0.29) is 18.4 Å². The van der Waals surface area contributed by atoms with Gasteiger partial charge in [-0.25, -0.2) is 0 Å². The zero-order valence-electron chi connectivity index (χ0n) is 6.47. The molecule has 0 aromatic carbocycles. The summed E-state index contributed by atoms with van der Waals surface area (Å²) in [5, 5.41) is 8.34. The van der Waals surface area contributed by atoms with Gasteiger partial charge in [-0.3, -0.25) is 4.98 Å². The number of nitrogens with two attached hydrogens (primary N) is 1. The van der Waals surface area contributed by atoms with Crippen LogP contribution < -0.4 is 5.73 Å². The Labute approximate surface area is 77.6 Å². The summed E-state index contributed by atoms with van der Waals surface area (Å²) >= 11 is 0. The molecule has 0 amide bonds. The molecule has 2 N–H and O–H groups in total. The third kappa shape index (κ3) is 2.87. The maximum Gasteiger partial charge on any atom is 0.0642 e. The summed E-state index contributed by atoms with van der Waals surface area (Å²) in [4.78, 5) is 4.02. The van der Waals surface area contributed by atoms with Crippen LogP contribution in [0.15, 0.2) is 24.4 Å². The third-order valence-electron chi connectivity index (χ3n) is 1.38. The Morgan fingerprint density at radius 3 is 2.83 bits per heavy atom. The second-order valence-corrected chi connectivity index (χ2v) is 2.22. The van der Waals surface area contributed by atoms with Gasteiger partial charge in [-0.05, 0) is 12.1 Å². The molecule has 0 aliphatic heterocycles.